The molecule has 1 fully saturated rings. The van der Waals surface area contributed by atoms with Gasteiger partial charge in [-0.25, -0.2) is 0 Å². The van der Waals surface area contributed by atoms with E-state index in [1.165, 1.54) is 22.3 Å². The molecule has 1 heterocycles. The van der Waals surface area contributed by atoms with Gasteiger partial charge in [0.15, 0.2) is 0 Å². The molecule has 0 saturated carbocycles. The van der Waals surface area contributed by atoms with Crippen molar-refractivity contribution in [2.75, 3.05) is 19.8 Å². The molecule has 0 aromatic heterocycles. The van der Waals surface area contributed by atoms with Crippen molar-refractivity contribution in [3.63, 3.8) is 0 Å². The van der Waals surface area contributed by atoms with Crippen LogP contribution in [-0.4, -0.2) is 19.8 Å². The molecule has 1 aliphatic heterocycles. The molecule has 1 aliphatic rings. The largest absolute Gasteiger partial charge is 0.376 e. The van der Waals surface area contributed by atoms with Crippen molar-refractivity contribution in [1.82, 2.24) is 0 Å². The molecule has 2 nitrogen and oxygen atoms in total. The van der Waals surface area contributed by atoms with Crippen molar-refractivity contribution in [3.05, 3.63) is 59.7 Å². The SMILES string of the molecule is Cc1ccc(-c2ccc(C3COCCO3)cc2)cc1. The molecule has 0 aliphatic carbocycles. The predicted molar refractivity (Wildman–Crippen MR) is 76.1 cm³/mol. The van der Waals surface area contributed by atoms with Crippen LogP contribution in [0.5, 0.6) is 0 Å². The average molecular weight is 254 g/mol. The second-order valence-electron chi connectivity index (χ2n) is 4.92. The minimum absolute atomic E-state index is 0.0841. The minimum atomic E-state index is 0.0841. The van der Waals surface area contributed by atoms with Gasteiger partial charge in [-0.1, -0.05) is 54.1 Å². The quantitative estimate of drug-likeness (QED) is 0.812. The molecule has 19 heavy (non-hydrogen) atoms. The smallest absolute Gasteiger partial charge is 0.106 e. The Kier molecular flexibility index (Phi) is 3.62. The molecular formula is C17H18O2. The van der Waals surface area contributed by atoms with Crippen molar-refractivity contribution in [2.24, 2.45) is 0 Å². The summed E-state index contributed by atoms with van der Waals surface area (Å²) in [5, 5.41) is 0. The third-order valence-electron chi connectivity index (χ3n) is 3.48. The number of benzene rings is 2. The zero-order chi connectivity index (χ0) is 13.1. The summed E-state index contributed by atoms with van der Waals surface area (Å²) in [6, 6.07) is 17.2. The van der Waals surface area contributed by atoms with Crippen LogP contribution in [0.1, 0.15) is 17.2 Å². The van der Waals surface area contributed by atoms with E-state index in [0.29, 0.717) is 19.8 Å². The highest BCUT2D eigenvalue weighted by Gasteiger charge is 2.16. The molecule has 2 aromatic carbocycles. The number of ether oxygens (including phenoxy) is 2. The lowest BCUT2D eigenvalue weighted by Gasteiger charge is -2.23. The van der Waals surface area contributed by atoms with E-state index in [1.807, 2.05) is 0 Å². The Morgan fingerprint density at radius 3 is 2.05 bits per heavy atom. The molecule has 0 spiro atoms. The van der Waals surface area contributed by atoms with Crippen LogP contribution in [0.15, 0.2) is 48.5 Å². The topological polar surface area (TPSA) is 18.5 Å². The lowest BCUT2D eigenvalue weighted by molar-refractivity contribution is -0.0901. The van der Waals surface area contributed by atoms with E-state index in [2.05, 4.69) is 55.5 Å². The van der Waals surface area contributed by atoms with Crippen molar-refractivity contribution in [2.45, 2.75) is 13.0 Å². The molecule has 1 unspecified atom stereocenters. The zero-order valence-electron chi connectivity index (χ0n) is 11.1. The van der Waals surface area contributed by atoms with Crippen molar-refractivity contribution in [3.8, 4) is 11.1 Å². The van der Waals surface area contributed by atoms with Crippen LogP contribution >= 0.6 is 0 Å². The van der Waals surface area contributed by atoms with Gasteiger partial charge in [-0.3, -0.25) is 0 Å². The van der Waals surface area contributed by atoms with Gasteiger partial charge in [-0.05, 0) is 23.6 Å². The van der Waals surface area contributed by atoms with Gasteiger partial charge in [0.25, 0.3) is 0 Å². The highest BCUT2D eigenvalue weighted by Crippen LogP contribution is 2.25. The summed E-state index contributed by atoms with van der Waals surface area (Å²) in [6.45, 7) is 4.15. The van der Waals surface area contributed by atoms with E-state index in [9.17, 15) is 0 Å². The van der Waals surface area contributed by atoms with E-state index in [0.717, 1.165) is 0 Å². The van der Waals surface area contributed by atoms with Gasteiger partial charge in [-0.15, -0.1) is 0 Å². The van der Waals surface area contributed by atoms with Gasteiger partial charge in [0.2, 0.25) is 0 Å². The van der Waals surface area contributed by atoms with Crippen molar-refractivity contribution >= 4 is 0 Å². The maximum atomic E-state index is 5.70. The van der Waals surface area contributed by atoms with Crippen LogP contribution in [0.2, 0.25) is 0 Å². The third-order valence-corrected chi connectivity index (χ3v) is 3.48. The van der Waals surface area contributed by atoms with Gasteiger partial charge < -0.3 is 9.47 Å². The monoisotopic (exact) mass is 254 g/mol. The first-order valence-electron chi connectivity index (χ1n) is 6.69. The molecule has 0 N–H and O–H groups in total. The molecule has 0 radical (unpaired) electrons. The van der Waals surface area contributed by atoms with E-state index in [1.54, 1.807) is 0 Å². The van der Waals surface area contributed by atoms with Gasteiger partial charge in [0, 0.05) is 0 Å². The Morgan fingerprint density at radius 2 is 1.47 bits per heavy atom. The Hall–Kier alpha value is -1.64. The summed E-state index contributed by atoms with van der Waals surface area (Å²) < 4.78 is 11.1. The first-order chi connectivity index (χ1) is 9.33. The average Bonchev–Trinajstić information content (AvgIpc) is 2.49. The van der Waals surface area contributed by atoms with Crippen LogP contribution in [0.4, 0.5) is 0 Å². The summed E-state index contributed by atoms with van der Waals surface area (Å²) in [7, 11) is 0. The molecule has 0 amide bonds. The maximum Gasteiger partial charge on any atom is 0.106 e. The number of hydrogen-bond acceptors (Lipinski definition) is 2. The zero-order valence-corrected chi connectivity index (χ0v) is 11.1. The van der Waals surface area contributed by atoms with E-state index in [4.69, 9.17) is 9.47 Å². The Balaban J connectivity index is 1.80. The normalized spacial score (nSPS) is 19.3. The summed E-state index contributed by atoms with van der Waals surface area (Å²) in [4.78, 5) is 0. The molecule has 1 saturated heterocycles. The first-order valence-corrected chi connectivity index (χ1v) is 6.69. The Bertz CT molecular complexity index is 522. The van der Waals surface area contributed by atoms with Crippen LogP contribution in [0.3, 0.4) is 0 Å². The number of rotatable bonds is 2. The molecular weight excluding hydrogens is 236 g/mol. The highest BCUT2D eigenvalue weighted by atomic mass is 16.6. The van der Waals surface area contributed by atoms with E-state index < -0.39 is 0 Å². The lowest BCUT2D eigenvalue weighted by atomic mass is 10.0. The van der Waals surface area contributed by atoms with Crippen LogP contribution in [0.25, 0.3) is 11.1 Å². The fourth-order valence-corrected chi connectivity index (χ4v) is 2.32. The van der Waals surface area contributed by atoms with Crippen LogP contribution in [0, 0.1) is 6.92 Å². The summed E-state index contributed by atoms with van der Waals surface area (Å²) >= 11 is 0. The molecule has 3 rings (SSSR count). The first kappa shape index (κ1) is 12.4. The molecule has 0 bridgehead atoms. The summed E-state index contributed by atoms with van der Waals surface area (Å²) in [5.41, 5.74) is 4.96. The standard InChI is InChI=1S/C17H18O2/c1-13-2-4-14(5-3-13)15-6-8-16(9-7-15)17-12-18-10-11-19-17/h2-9,17H,10-12H2,1H3. The maximum absolute atomic E-state index is 5.70. The third kappa shape index (κ3) is 2.86. The predicted octanol–water partition coefficient (Wildman–Crippen LogP) is 3.75. The van der Waals surface area contributed by atoms with Gasteiger partial charge in [0.1, 0.15) is 6.10 Å². The van der Waals surface area contributed by atoms with Gasteiger partial charge in [-0.2, -0.15) is 0 Å². The molecule has 2 heteroatoms. The second-order valence-corrected chi connectivity index (χ2v) is 4.92. The molecule has 98 valence electrons. The fourth-order valence-electron chi connectivity index (χ4n) is 2.32. The second kappa shape index (κ2) is 5.55. The van der Waals surface area contributed by atoms with E-state index in [-0.39, 0.29) is 6.10 Å². The van der Waals surface area contributed by atoms with Crippen LogP contribution < -0.4 is 0 Å². The van der Waals surface area contributed by atoms with Crippen LogP contribution in [-0.2, 0) is 9.47 Å². The summed E-state index contributed by atoms with van der Waals surface area (Å²) in [5.74, 6) is 0. The highest BCUT2D eigenvalue weighted by molar-refractivity contribution is 5.64. The van der Waals surface area contributed by atoms with E-state index >= 15 is 0 Å². The molecule has 1 atom stereocenters. The molecule has 2 aromatic rings. The summed E-state index contributed by atoms with van der Waals surface area (Å²) in [6.07, 6.45) is 0.0841. The number of hydrogen-bond donors (Lipinski definition) is 0. The van der Waals surface area contributed by atoms with Crippen molar-refractivity contribution in [1.29, 1.82) is 0 Å². The van der Waals surface area contributed by atoms with Gasteiger partial charge >= 0.3 is 0 Å². The fraction of sp³-hybridized carbons (Fsp3) is 0.294. The minimum Gasteiger partial charge on any atom is -0.376 e. The lowest BCUT2D eigenvalue weighted by Crippen LogP contribution is -2.21. The number of aryl methyl sites for hydroxylation is 1. The van der Waals surface area contributed by atoms with Crippen molar-refractivity contribution < 1.29 is 9.47 Å². The van der Waals surface area contributed by atoms with Gasteiger partial charge in [0.05, 0.1) is 19.8 Å². The Morgan fingerprint density at radius 1 is 0.842 bits per heavy atom. The Labute approximate surface area is 114 Å².